The van der Waals surface area contributed by atoms with Crippen molar-refractivity contribution < 1.29 is 42.8 Å². The molecule has 4 aliphatic heterocycles. The first-order chi connectivity index (χ1) is 34.5. The van der Waals surface area contributed by atoms with E-state index in [2.05, 4.69) is 40.1 Å². The van der Waals surface area contributed by atoms with Crippen molar-refractivity contribution in [3.8, 4) is 17.2 Å². The number of methoxy groups -OCH3 is 2. The minimum absolute atomic E-state index is 0.00259. The summed E-state index contributed by atoms with van der Waals surface area (Å²) < 4.78 is 36.0. The molecule has 0 spiro atoms. The third-order valence-corrected chi connectivity index (χ3v) is 13.8. The predicted molar refractivity (Wildman–Crippen MR) is 277 cm³/mol. The molecule has 14 heteroatoms. The molecule has 4 heterocycles. The molecule has 2 amide bonds. The van der Waals surface area contributed by atoms with Gasteiger partial charge in [0.05, 0.1) is 74.7 Å². The summed E-state index contributed by atoms with van der Waals surface area (Å²) in [6.07, 6.45) is 4.52. The molecule has 0 N–H and O–H groups in total. The zero-order valence-corrected chi connectivity index (χ0v) is 41.8. The summed E-state index contributed by atoms with van der Waals surface area (Å²) in [5.74, 6) is 1.65. The fourth-order valence-electron chi connectivity index (χ4n) is 10.1. The van der Waals surface area contributed by atoms with E-state index >= 15 is 0 Å². The van der Waals surface area contributed by atoms with Crippen LogP contribution in [0.25, 0.3) is 0 Å². The Morgan fingerprint density at radius 3 is 2.10 bits per heavy atom. The van der Waals surface area contributed by atoms with Gasteiger partial charge in [-0.05, 0) is 90.0 Å². The number of ketones is 1. The molecule has 0 bridgehead atoms. The van der Waals surface area contributed by atoms with Crippen LogP contribution in [0, 0.1) is 12.8 Å². The second-order valence-electron chi connectivity index (χ2n) is 19.1. The number of aryl methyl sites for hydroxylation is 1. The topological polar surface area (TPSA) is 132 Å². The number of Topliss-reactive ketones (excluding diaryl/α,β-unsaturated/α-hetero) is 1. The molecule has 372 valence electrons. The lowest BCUT2D eigenvalue weighted by Crippen LogP contribution is -2.41. The van der Waals surface area contributed by atoms with Crippen molar-refractivity contribution >= 4 is 52.2 Å². The number of aliphatic imine (C=N–C) groups is 1. The Bertz CT molecular complexity index is 2790. The maximum absolute atomic E-state index is 14.3. The number of carbonyl (C=O) groups excluding carboxylic acids is 3. The standard InChI is InChI=1S/C57H65N5O9/c1-37(2)52(63)16-11-17-60(18-19-68-22-23-69-21-20-66-5)43-26-39(35-70-53-31-48-46(24-38(53)3)56(64)61-44(33-58-48)28-41-12-7-9-14-49(41)61)25-40(27-43)36-71-55-32-51-47(30-54(55)67-6)57(65)62-45(34-59(51)4)29-42-13-8-10-15-50(42)62/h7-10,12-15,24-27,30-33,37,44-45H,11,16-23,28-29,34-36H2,1-6H3/t44-,45-/m0/s1. The molecule has 0 saturated carbocycles. The number of fused-ring (bicyclic) bond motifs is 8. The molecule has 5 aromatic carbocycles. The van der Waals surface area contributed by atoms with E-state index in [0.29, 0.717) is 99.6 Å². The van der Waals surface area contributed by atoms with Crippen LogP contribution in [0.4, 0.5) is 28.4 Å². The lowest BCUT2D eigenvalue weighted by Gasteiger charge is -2.27. The van der Waals surface area contributed by atoms with Crippen LogP contribution in [0.3, 0.4) is 0 Å². The number of nitrogens with zero attached hydrogens (tertiary/aromatic N) is 5. The molecular weight excluding hydrogens is 899 g/mol. The Kier molecular flexibility index (Phi) is 15.4. The zero-order chi connectivity index (χ0) is 49.6. The van der Waals surface area contributed by atoms with Gasteiger partial charge in [-0.1, -0.05) is 50.2 Å². The van der Waals surface area contributed by atoms with Crippen LogP contribution in [-0.4, -0.2) is 110 Å². The van der Waals surface area contributed by atoms with E-state index in [1.165, 1.54) is 5.56 Å². The monoisotopic (exact) mass is 963 g/mol. The van der Waals surface area contributed by atoms with Crippen molar-refractivity contribution in [2.24, 2.45) is 10.9 Å². The van der Waals surface area contributed by atoms with Gasteiger partial charge in [0.2, 0.25) is 0 Å². The highest BCUT2D eigenvalue weighted by Gasteiger charge is 2.40. The fraction of sp³-hybridized carbons (Fsp3) is 0.404. The van der Waals surface area contributed by atoms with Gasteiger partial charge in [-0.3, -0.25) is 24.3 Å². The second kappa shape index (κ2) is 22.1. The van der Waals surface area contributed by atoms with E-state index < -0.39 is 0 Å². The van der Waals surface area contributed by atoms with Crippen LogP contribution in [0.2, 0.25) is 0 Å². The Hall–Kier alpha value is -6.74. The Morgan fingerprint density at radius 2 is 1.38 bits per heavy atom. The van der Waals surface area contributed by atoms with Gasteiger partial charge < -0.3 is 43.1 Å². The van der Waals surface area contributed by atoms with Gasteiger partial charge in [0.15, 0.2) is 11.5 Å². The van der Waals surface area contributed by atoms with Crippen LogP contribution in [0.1, 0.15) is 75.2 Å². The highest BCUT2D eigenvalue weighted by atomic mass is 16.5. The molecule has 0 unspecified atom stereocenters. The second-order valence-corrected chi connectivity index (χ2v) is 19.1. The quantitative estimate of drug-likeness (QED) is 0.0616. The van der Waals surface area contributed by atoms with E-state index in [4.69, 9.17) is 33.4 Å². The molecule has 4 aliphatic rings. The summed E-state index contributed by atoms with van der Waals surface area (Å²) in [7, 11) is 5.25. The number of hydrogen-bond donors (Lipinski definition) is 0. The van der Waals surface area contributed by atoms with Crippen molar-refractivity contribution in [3.05, 3.63) is 130 Å². The minimum Gasteiger partial charge on any atom is -0.493 e. The van der Waals surface area contributed by atoms with Crippen molar-refractivity contribution in [1.82, 2.24) is 0 Å². The van der Waals surface area contributed by atoms with Gasteiger partial charge in [0, 0.05) is 88.0 Å². The molecule has 0 fully saturated rings. The van der Waals surface area contributed by atoms with E-state index in [1.807, 2.05) is 98.4 Å². The third kappa shape index (κ3) is 10.8. The fourth-order valence-corrected chi connectivity index (χ4v) is 10.1. The van der Waals surface area contributed by atoms with Crippen LogP contribution in [-0.2, 0) is 45.1 Å². The predicted octanol–water partition coefficient (Wildman–Crippen LogP) is 8.96. The molecule has 5 aromatic rings. The molecule has 0 aromatic heterocycles. The summed E-state index contributed by atoms with van der Waals surface area (Å²) in [5, 5.41) is 0. The largest absolute Gasteiger partial charge is 0.493 e. The van der Waals surface area contributed by atoms with Gasteiger partial charge in [0.25, 0.3) is 11.8 Å². The number of anilines is 4. The summed E-state index contributed by atoms with van der Waals surface area (Å²) in [4.78, 5) is 54.2. The Labute approximate surface area is 417 Å². The first-order valence-electron chi connectivity index (χ1n) is 24.8. The molecule has 9 rings (SSSR count). The van der Waals surface area contributed by atoms with Crippen LogP contribution in [0.15, 0.2) is 96.0 Å². The molecule has 71 heavy (non-hydrogen) atoms. The van der Waals surface area contributed by atoms with Crippen molar-refractivity contribution in [3.63, 3.8) is 0 Å². The molecule has 2 atom stereocenters. The SMILES string of the molecule is COCCOCCOCCN(CCCC(=O)C(C)C)c1cc(COc2cc3c(cc2C)C(=O)N2c4ccccc4C[C@H]2C=N3)cc(COc2cc3c(cc2OC)C(=O)N2c4ccccc4C[C@H]2CN3C)c1. The van der Waals surface area contributed by atoms with E-state index in [-0.39, 0.29) is 48.8 Å². The summed E-state index contributed by atoms with van der Waals surface area (Å²) in [6, 6.07) is 29.8. The summed E-state index contributed by atoms with van der Waals surface area (Å²) >= 11 is 0. The minimum atomic E-state index is -0.156. The molecule has 0 aliphatic carbocycles. The van der Waals surface area contributed by atoms with E-state index in [1.54, 1.807) is 20.3 Å². The number of hydrogen-bond acceptors (Lipinski definition) is 12. The van der Waals surface area contributed by atoms with Crippen LogP contribution < -0.4 is 33.8 Å². The van der Waals surface area contributed by atoms with Gasteiger partial charge in [-0.2, -0.15) is 0 Å². The average molecular weight is 964 g/mol. The smallest absolute Gasteiger partial charge is 0.261 e. The lowest BCUT2D eigenvalue weighted by molar-refractivity contribution is -0.121. The van der Waals surface area contributed by atoms with Gasteiger partial charge in [-0.25, -0.2) is 0 Å². The number of ether oxygens (including phenoxy) is 6. The van der Waals surface area contributed by atoms with Crippen LogP contribution in [0.5, 0.6) is 17.2 Å². The van der Waals surface area contributed by atoms with E-state index in [0.717, 1.165) is 57.8 Å². The molecular formula is C57H65N5O9. The normalized spacial score (nSPS) is 16.5. The highest BCUT2D eigenvalue weighted by Crippen LogP contribution is 2.43. The number of amides is 2. The number of para-hydroxylation sites is 2. The maximum atomic E-state index is 14.3. The first-order valence-corrected chi connectivity index (χ1v) is 24.8. The summed E-state index contributed by atoms with van der Waals surface area (Å²) in [5.41, 5.74) is 10.1. The Balaban J connectivity index is 0.991. The van der Waals surface area contributed by atoms with Crippen molar-refractivity contribution in [2.75, 3.05) is 93.5 Å². The number of rotatable bonds is 22. The van der Waals surface area contributed by atoms with Gasteiger partial charge in [0.1, 0.15) is 24.7 Å². The van der Waals surface area contributed by atoms with Crippen molar-refractivity contribution in [1.29, 1.82) is 0 Å². The average Bonchev–Trinajstić information content (AvgIpc) is 3.87. The van der Waals surface area contributed by atoms with Gasteiger partial charge in [-0.15, -0.1) is 0 Å². The summed E-state index contributed by atoms with van der Waals surface area (Å²) in [6.45, 7) is 10.4. The Morgan fingerprint density at radius 1 is 0.718 bits per heavy atom. The molecule has 14 nitrogen and oxygen atoms in total. The van der Waals surface area contributed by atoms with Crippen molar-refractivity contribution in [2.45, 2.75) is 71.8 Å². The zero-order valence-electron chi connectivity index (χ0n) is 41.8. The number of likely N-dealkylation sites (N-methyl/N-ethyl adjacent to an activating group) is 1. The first kappa shape index (κ1) is 49.2. The molecule has 0 radical (unpaired) electrons. The van der Waals surface area contributed by atoms with Gasteiger partial charge >= 0.3 is 0 Å². The maximum Gasteiger partial charge on any atom is 0.261 e. The van der Waals surface area contributed by atoms with Crippen LogP contribution >= 0.6 is 0 Å². The highest BCUT2D eigenvalue weighted by molar-refractivity contribution is 6.15. The van der Waals surface area contributed by atoms with E-state index in [9.17, 15) is 14.4 Å². The third-order valence-electron chi connectivity index (χ3n) is 13.8. The number of benzene rings is 5. The molecule has 0 saturated heterocycles. The number of carbonyl (C=O) groups is 3. The lowest BCUT2D eigenvalue weighted by atomic mass is 10.0.